The number of anilines is 1. The molecule has 1 aliphatic rings. The van der Waals surface area contributed by atoms with Gasteiger partial charge < -0.3 is 9.64 Å². The Morgan fingerprint density at radius 2 is 1.84 bits per heavy atom. The van der Waals surface area contributed by atoms with Crippen LogP contribution in [0, 0.1) is 0 Å². The summed E-state index contributed by atoms with van der Waals surface area (Å²) >= 11 is 0. The zero-order valence-electron chi connectivity index (χ0n) is 11.7. The van der Waals surface area contributed by atoms with Crippen molar-refractivity contribution in [3.8, 4) is 0 Å². The van der Waals surface area contributed by atoms with Gasteiger partial charge >= 0.3 is 5.97 Å². The van der Waals surface area contributed by atoms with Crippen LogP contribution in [-0.4, -0.2) is 25.7 Å². The fourth-order valence-electron chi connectivity index (χ4n) is 2.43. The highest BCUT2D eigenvalue weighted by atomic mass is 16.5. The molecule has 0 saturated carbocycles. The van der Waals surface area contributed by atoms with Crippen molar-refractivity contribution in [3.05, 3.63) is 41.5 Å². The molecule has 3 nitrogen and oxygen atoms in total. The van der Waals surface area contributed by atoms with Crippen molar-refractivity contribution in [2.45, 2.75) is 26.7 Å². The van der Waals surface area contributed by atoms with Crippen LogP contribution in [0.15, 0.2) is 41.5 Å². The monoisotopic (exact) mass is 259 g/mol. The van der Waals surface area contributed by atoms with Gasteiger partial charge in [0.05, 0.1) is 6.61 Å². The van der Waals surface area contributed by atoms with Gasteiger partial charge in [-0.2, -0.15) is 0 Å². The van der Waals surface area contributed by atoms with Gasteiger partial charge in [-0.05, 0) is 38.8 Å². The Bertz CT molecular complexity index is 455. The third kappa shape index (κ3) is 3.37. The Morgan fingerprint density at radius 3 is 2.42 bits per heavy atom. The molecule has 1 heterocycles. The molecule has 0 N–H and O–H groups in total. The molecule has 19 heavy (non-hydrogen) atoms. The van der Waals surface area contributed by atoms with Gasteiger partial charge in [-0.25, -0.2) is 4.79 Å². The number of hydrogen-bond donors (Lipinski definition) is 0. The van der Waals surface area contributed by atoms with E-state index in [0.717, 1.165) is 31.5 Å². The van der Waals surface area contributed by atoms with Gasteiger partial charge in [-0.1, -0.05) is 23.8 Å². The van der Waals surface area contributed by atoms with E-state index in [4.69, 9.17) is 4.74 Å². The molecule has 0 aliphatic carbocycles. The minimum absolute atomic E-state index is 0.161. The summed E-state index contributed by atoms with van der Waals surface area (Å²) in [5.74, 6) is -0.161. The summed E-state index contributed by atoms with van der Waals surface area (Å²) in [7, 11) is 0. The number of para-hydroxylation sites is 1. The number of carbonyl (C=O) groups is 1. The summed E-state index contributed by atoms with van der Waals surface area (Å²) in [5.41, 5.74) is 3.30. The quantitative estimate of drug-likeness (QED) is 0.617. The van der Waals surface area contributed by atoms with E-state index in [1.165, 1.54) is 11.3 Å². The van der Waals surface area contributed by atoms with Crippen molar-refractivity contribution >= 4 is 11.7 Å². The molecule has 0 radical (unpaired) electrons. The lowest BCUT2D eigenvalue weighted by atomic mass is 9.98. The third-order valence-electron chi connectivity index (χ3n) is 3.60. The van der Waals surface area contributed by atoms with E-state index >= 15 is 0 Å². The zero-order valence-corrected chi connectivity index (χ0v) is 11.7. The Morgan fingerprint density at radius 1 is 1.21 bits per heavy atom. The second-order valence-electron chi connectivity index (χ2n) is 4.77. The van der Waals surface area contributed by atoms with E-state index in [0.29, 0.717) is 6.61 Å². The average Bonchev–Trinajstić information content (AvgIpc) is 2.48. The van der Waals surface area contributed by atoms with Crippen LogP contribution in [0.5, 0.6) is 0 Å². The summed E-state index contributed by atoms with van der Waals surface area (Å²) < 4.78 is 5.06. The highest BCUT2D eigenvalue weighted by molar-refractivity contribution is 5.88. The van der Waals surface area contributed by atoms with Crippen LogP contribution in [0.4, 0.5) is 5.69 Å². The van der Waals surface area contributed by atoms with Crippen LogP contribution in [-0.2, 0) is 9.53 Å². The molecule has 0 bridgehead atoms. The summed E-state index contributed by atoms with van der Waals surface area (Å²) in [6.45, 7) is 6.10. The lowest BCUT2D eigenvalue weighted by Gasteiger charge is -2.31. The molecule has 1 saturated heterocycles. The maximum Gasteiger partial charge on any atom is 0.333 e. The summed E-state index contributed by atoms with van der Waals surface area (Å²) in [6, 6.07) is 10.4. The molecule has 0 spiro atoms. The maximum absolute atomic E-state index is 11.7. The fourth-order valence-corrected chi connectivity index (χ4v) is 2.43. The number of ether oxygens (including phenoxy) is 1. The first kappa shape index (κ1) is 13.7. The first-order chi connectivity index (χ1) is 9.22. The summed E-state index contributed by atoms with van der Waals surface area (Å²) in [4.78, 5) is 14.1. The number of hydrogen-bond acceptors (Lipinski definition) is 3. The van der Waals surface area contributed by atoms with Gasteiger partial charge in [0.15, 0.2) is 0 Å². The van der Waals surface area contributed by atoms with Crippen LogP contribution in [0.25, 0.3) is 0 Å². The SMILES string of the molecule is CCOC(=O)C(C)=C1CCN(c2ccccc2)CC1. The van der Waals surface area contributed by atoms with Crippen LogP contribution >= 0.6 is 0 Å². The number of piperidine rings is 1. The van der Waals surface area contributed by atoms with E-state index in [1.54, 1.807) is 0 Å². The van der Waals surface area contributed by atoms with Gasteiger partial charge in [0, 0.05) is 24.4 Å². The highest BCUT2D eigenvalue weighted by Gasteiger charge is 2.18. The smallest absolute Gasteiger partial charge is 0.333 e. The number of esters is 1. The second-order valence-corrected chi connectivity index (χ2v) is 4.77. The topological polar surface area (TPSA) is 29.5 Å². The normalized spacial score (nSPS) is 15.3. The first-order valence-electron chi connectivity index (χ1n) is 6.88. The number of nitrogens with zero attached hydrogens (tertiary/aromatic N) is 1. The van der Waals surface area contributed by atoms with Gasteiger partial charge in [-0.3, -0.25) is 0 Å². The Balaban J connectivity index is 1.99. The van der Waals surface area contributed by atoms with E-state index < -0.39 is 0 Å². The average molecular weight is 259 g/mol. The lowest BCUT2D eigenvalue weighted by Crippen LogP contribution is -2.31. The number of benzene rings is 1. The molecular formula is C16H21NO2. The molecule has 0 amide bonds. The molecule has 0 aromatic heterocycles. The van der Waals surface area contributed by atoms with Gasteiger partial charge in [0.25, 0.3) is 0 Å². The van der Waals surface area contributed by atoms with Crippen LogP contribution in [0.1, 0.15) is 26.7 Å². The van der Waals surface area contributed by atoms with E-state index in [-0.39, 0.29) is 5.97 Å². The van der Waals surface area contributed by atoms with Gasteiger partial charge in [0.1, 0.15) is 0 Å². The molecule has 0 atom stereocenters. The maximum atomic E-state index is 11.7. The molecule has 2 rings (SSSR count). The third-order valence-corrected chi connectivity index (χ3v) is 3.60. The minimum Gasteiger partial charge on any atom is -0.463 e. The molecule has 102 valence electrons. The molecule has 1 fully saturated rings. The number of carbonyl (C=O) groups excluding carboxylic acids is 1. The Kier molecular flexibility index (Phi) is 4.61. The molecule has 1 aliphatic heterocycles. The zero-order chi connectivity index (χ0) is 13.7. The summed E-state index contributed by atoms with van der Waals surface area (Å²) in [6.07, 6.45) is 1.89. The Labute approximate surface area is 114 Å². The van der Waals surface area contributed by atoms with E-state index in [2.05, 4.69) is 29.2 Å². The van der Waals surface area contributed by atoms with Crippen molar-refractivity contribution in [2.24, 2.45) is 0 Å². The predicted octanol–water partition coefficient (Wildman–Crippen LogP) is 3.17. The standard InChI is InChI=1S/C16H21NO2/c1-3-19-16(18)13(2)14-9-11-17(12-10-14)15-7-5-4-6-8-15/h4-8H,3,9-12H2,1-2H3. The first-order valence-corrected chi connectivity index (χ1v) is 6.88. The molecule has 0 unspecified atom stereocenters. The van der Waals surface area contributed by atoms with Crippen LogP contribution in [0.3, 0.4) is 0 Å². The van der Waals surface area contributed by atoms with Crippen molar-refractivity contribution in [3.63, 3.8) is 0 Å². The second kappa shape index (κ2) is 6.41. The van der Waals surface area contributed by atoms with Gasteiger partial charge in [0.2, 0.25) is 0 Å². The minimum atomic E-state index is -0.161. The highest BCUT2D eigenvalue weighted by Crippen LogP contribution is 2.24. The lowest BCUT2D eigenvalue weighted by molar-refractivity contribution is -0.138. The Hall–Kier alpha value is -1.77. The van der Waals surface area contributed by atoms with Crippen LogP contribution < -0.4 is 4.90 Å². The molecule has 3 heteroatoms. The van der Waals surface area contributed by atoms with Crippen molar-refractivity contribution < 1.29 is 9.53 Å². The van der Waals surface area contributed by atoms with E-state index in [1.807, 2.05) is 19.9 Å². The summed E-state index contributed by atoms with van der Waals surface area (Å²) in [5, 5.41) is 0. The predicted molar refractivity (Wildman–Crippen MR) is 77.2 cm³/mol. The number of rotatable bonds is 3. The van der Waals surface area contributed by atoms with Crippen molar-refractivity contribution in [2.75, 3.05) is 24.6 Å². The largest absolute Gasteiger partial charge is 0.463 e. The van der Waals surface area contributed by atoms with Crippen molar-refractivity contribution in [1.29, 1.82) is 0 Å². The molecule has 1 aromatic carbocycles. The van der Waals surface area contributed by atoms with Crippen molar-refractivity contribution in [1.82, 2.24) is 0 Å². The molecule has 1 aromatic rings. The van der Waals surface area contributed by atoms with Gasteiger partial charge in [-0.15, -0.1) is 0 Å². The van der Waals surface area contributed by atoms with Crippen LogP contribution in [0.2, 0.25) is 0 Å². The van der Waals surface area contributed by atoms with E-state index in [9.17, 15) is 4.79 Å². The fraction of sp³-hybridized carbons (Fsp3) is 0.438. The molecular weight excluding hydrogens is 238 g/mol.